The van der Waals surface area contributed by atoms with Crippen molar-refractivity contribution in [3.05, 3.63) is 60.2 Å². The summed E-state index contributed by atoms with van der Waals surface area (Å²) in [6.07, 6.45) is -0.225. The summed E-state index contributed by atoms with van der Waals surface area (Å²) in [7, 11) is 3.32. The van der Waals surface area contributed by atoms with Crippen LogP contribution in [-0.2, 0) is 4.74 Å². The minimum atomic E-state index is -0.225. The second-order valence-electron chi connectivity index (χ2n) is 4.05. The van der Waals surface area contributed by atoms with Crippen molar-refractivity contribution in [3.63, 3.8) is 0 Å². The number of hydrogen-bond donors (Lipinski definition) is 0. The summed E-state index contributed by atoms with van der Waals surface area (Å²) in [5.74, 6) is 3.95. The predicted molar refractivity (Wildman–Crippen MR) is 82.8 cm³/mol. The lowest BCUT2D eigenvalue weighted by Crippen LogP contribution is -1.98. The van der Waals surface area contributed by atoms with Crippen molar-refractivity contribution >= 4 is 11.8 Å². The molecule has 0 radical (unpaired) electrons. The average molecular weight is 284 g/mol. The van der Waals surface area contributed by atoms with E-state index in [1.807, 2.05) is 54.6 Å². The second kappa shape index (κ2) is 7.64. The fraction of sp³-hybridized carbons (Fsp3) is 0.176. The van der Waals surface area contributed by atoms with Gasteiger partial charge in [-0.2, -0.15) is 0 Å². The number of benzene rings is 2. The molecule has 0 N–H and O–H groups in total. The minimum absolute atomic E-state index is 0.225. The van der Waals surface area contributed by atoms with Gasteiger partial charge in [0, 0.05) is 12.0 Å². The molecule has 102 valence electrons. The first-order chi connectivity index (χ1) is 9.83. The van der Waals surface area contributed by atoms with Crippen LogP contribution in [0.15, 0.2) is 59.5 Å². The van der Waals surface area contributed by atoms with Crippen molar-refractivity contribution < 1.29 is 9.47 Å². The van der Waals surface area contributed by atoms with Crippen LogP contribution in [-0.4, -0.2) is 14.2 Å². The van der Waals surface area contributed by atoms with Gasteiger partial charge in [-0.15, -0.1) is 0 Å². The van der Waals surface area contributed by atoms with Crippen LogP contribution in [0.1, 0.15) is 11.7 Å². The molecule has 0 aromatic heterocycles. The highest BCUT2D eigenvalue weighted by Crippen LogP contribution is 2.21. The van der Waals surface area contributed by atoms with E-state index in [0.29, 0.717) is 0 Å². The van der Waals surface area contributed by atoms with Crippen LogP contribution in [0.4, 0.5) is 0 Å². The lowest BCUT2D eigenvalue weighted by Gasteiger charge is -2.09. The van der Waals surface area contributed by atoms with Crippen LogP contribution in [0.2, 0.25) is 0 Å². The van der Waals surface area contributed by atoms with E-state index in [4.69, 9.17) is 9.47 Å². The fourth-order valence-electron chi connectivity index (χ4n) is 1.69. The lowest BCUT2D eigenvalue weighted by atomic mass is 10.1. The summed E-state index contributed by atoms with van der Waals surface area (Å²) in [4.78, 5) is 1.13. The zero-order chi connectivity index (χ0) is 14.2. The molecule has 2 aromatic rings. The zero-order valence-electron chi connectivity index (χ0n) is 11.5. The van der Waals surface area contributed by atoms with E-state index in [0.717, 1.165) is 16.2 Å². The molecule has 0 aliphatic carbocycles. The minimum Gasteiger partial charge on any atom is -0.497 e. The van der Waals surface area contributed by atoms with Crippen LogP contribution in [0, 0.1) is 11.2 Å². The van der Waals surface area contributed by atoms with Gasteiger partial charge in [0.1, 0.15) is 11.9 Å². The first kappa shape index (κ1) is 14.5. The van der Waals surface area contributed by atoms with Crippen LogP contribution >= 0.6 is 11.8 Å². The maximum Gasteiger partial charge on any atom is 0.143 e. The SMILES string of the molecule is COc1ccc(C(C#CSc2ccccc2)OC)cc1. The Labute approximate surface area is 124 Å². The smallest absolute Gasteiger partial charge is 0.143 e. The molecule has 0 aliphatic rings. The molecular formula is C17H16O2S. The molecule has 2 nitrogen and oxygen atoms in total. The standard InChI is InChI=1S/C17H16O2S/c1-18-15-10-8-14(9-11-15)17(19-2)12-13-20-16-6-4-3-5-7-16/h3-11,17H,1-2H3. The molecule has 0 heterocycles. The first-order valence-electron chi connectivity index (χ1n) is 6.22. The lowest BCUT2D eigenvalue weighted by molar-refractivity contribution is 0.150. The van der Waals surface area contributed by atoms with Gasteiger partial charge in [-0.25, -0.2) is 0 Å². The van der Waals surface area contributed by atoms with E-state index in [1.165, 1.54) is 11.8 Å². The van der Waals surface area contributed by atoms with Crippen molar-refractivity contribution in [1.29, 1.82) is 0 Å². The molecule has 0 saturated carbocycles. The van der Waals surface area contributed by atoms with Crippen LogP contribution in [0.25, 0.3) is 0 Å². The molecule has 2 rings (SSSR count). The summed E-state index contributed by atoms with van der Waals surface area (Å²) in [5, 5.41) is 3.09. The Hall–Kier alpha value is -1.89. The summed E-state index contributed by atoms with van der Waals surface area (Å²) in [5.41, 5.74) is 1.02. The van der Waals surface area contributed by atoms with E-state index in [9.17, 15) is 0 Å². The molecule has 2 aromatic carbocycles. The van der Waals surface area contributed by atoms with Gasteiger partial charge < -0.3 is 9.47 Å². The number of thioether (sulfide) groups is 1. The highest BCUT2D eigenvalue weighted by Gasteiger charge is 2.06. The number of rotatable bonds is 4. The van der Waals surface area contributed by atoms with E-state index < -0.39 is 0 Å². The van der Waals surface area contributed by atoms with Gasteiger partial charge in [0.25, 0.3) is 0 Å². The molecule has 0 aliphatic heterocycles. The molecule has 3 heteroatoms. The summed E-state index contributed by atoms with van der Waals surface area (Å²) < 4.78 is 10.6. The van der Waals surface area contributed by atoms with Gasteiger partial charge in [0.2, 0.25) is 0 Å². The third-order valence-corrected chi connectivity index (χ3v) is 3.48. The van der Waals surface area contributed by atoms with Gasteiger partial charge in [-0.1, -0.05) is 36.3 Å². The molecule has 1 atom stereocenters. The fourth-order valence-corrected chi connectivity index (χ4v) is 2.26. The quantitative estimate of drug-likeness (QED) is 0.621. The van der Waals surface area contributed by atoms with Gasteiger partial charge in [-0.3, -0.25) is 0 Å². The predicted octanol–water partition coefficient (Wildman–Crippen LogP) is 4.14. The number of methoxy groups -OCH3 is 2. The van der Waals surface area contributed by atoms with Crippen molar-refractivity contribution in [2.45, 2.75) is 11.0 Å². The molecule has 1 unspecified atom stereocenters. The van der Waals surface area contributed by atoms with E-state index in [1.54, 1.807) is 14.2 Å². The molecular weight excluding hydrogens is 268 g/mol. The van der Waals surface area contributed by atoms with Crippen LogP contribution in [0.3, 0.4) is 0 Å². The Bertz CT molecular complexity index is 582. The Morgan fingerprint density at radius 3 is 2.25 bits per heavy atom. The summed E-state index contributed by atoms with van der Waals surface area (Å²) in [6.45, 7) is 0. The summed E-state index contributed by atoms with van der Waals surface area (Å²) in [6, 6.07) is 17.8. The van der Waals surface area contributed by atoms with Crippen molar-refractivity contribution in [3.8, 4) is 16.9 Å². The Balaban J connectivity index is 2.05. The van der Waals surface area contributed by atoms with Crippen LogP contribution in [0.5, 0.6) is 5.75 Å². The average Bonchev–Trinajstić information content (AvgIpc) is 2.53. The number of ether oxygens (including phenoxy) is 2. The molecule has 0 amide bonds. The Morgan fingerprint density at radius 1 is 0.950 bits per heavy atom. The molecule has 0 bridgehead atoms. The first-order valence-corrected chi connectivity index (χ1v) is 7.04. The van der Waals surface area contributed by atoms with Crippen molar-refractivity contribution in [2.75, 3.05) is 14.2 Å². The highest BCUT2D eigenvalue weighted by atomic mass is 32.2. The molecule has 0 fully saturated rings. The second-order valence-corrected chi connectivity index (χ2v) is 4.93. The van der Waals surface area contributed by atoms with Crippen LogP contribution < -0.4 is 4.74 Å². The van der Waals surface area contributed by atoms with Crippen molar-refractivity contribution in [1.82, 2.24) is 0 Å². The maximum atomic E-state index is 5.42. The Kier molecular flexibility index (Phi) is 5.55. The van der Waals surface area contributed by atoms with Gasteiger partial charge in [0.05, 0.1) is 7.11 Å². The molecule has 0 spiro atoms. The number of hydrogen-bond acceptors (Lipinski definition) is 3. The van der Waals surface area contributed by atoms with Gasteiger partial charge in [-0.05, 0) is 46.8 Å². The maximum absolute atomic E-state index is 5.42. The van der Waals surface area contributed by atoms with E-state index in [-0.39, 0.29) is 6.10 Å². The molecule has 0 saturated heterocycles. The topological polar surface area (TPSA) is 18.5 Å². The molecule has 20 heavy (non-hydrogen) atoms. The highest BCUT2D eigenvalue weighted by molar-refractivity contribution is 8.03. The third-order valence-electron chi connectivity index (χ3n) is 2.76. The van der Waals surface area contributed by atoms with E-state index in [2.05, 4.69) is 11.2 Å². The van der Waals surface area contributed by atoms with E-state index >= 15 is 0 Å². The third kappa shape index (κ3) is 4.06. The van der Waals surface area contributed by atoms with Crippen molar-refractivity contribution in [2.24, 2.45) is 0 Å². The Morgan fingerprint density at radius 2 is 1.65 bits per heavy atom. The van der Waals surface area contributed by atoms with Gasteiger partial charge in [0.15, 0.2) is 0 Å². The zero-order valence-corrected chi connectivity index (χ0v) is 12.3. The summed E-state index contributed by atoms with van der Waals surface area (Å²) >= 11 is 1.50. The largest absolute Gasteiger partial charge is 0.497 e. The monoisotopic (exact) mass is 284 g/mol. The van der Waals surface area contributed by atoms with Gasteiger partial charge >= 0.3 is 0 Å². The normalized spacial score (nSPS) is 11.3.